The molecular formula is C47H32Cl2Ti-2. The number of rotatable bonds is 2. The first kappa shape index (κ1) is 35.3. The van der Waals surface area contributed by atoms with Crippen LogP contribution < -0.4 is 24.8 Å². The van der Waals surface area contributed by atoms with E-state index >= 15 is 0 Å². The normalized spacial score (nSPS) is 14.0. The zero-order chi connectivity index (χ0) is 32.3. The Labute approximate surface area is 318 Å². The molecule has 4 aliphatic rings. The molecule has 4 aliphatic carbocycles. The predicted molar refractivity (Wildman–Crippen MR) is 199 cm³/mol. The Bertz CT molecular complexity index is 2220. The molecule has 0 spiro atoms. The Balaban J connectivity index is 0.000000128. The third-order valence-corrected chi connectivity index (χ3v) is 10.2. The van der Waals surface area contributed by atoms with Crippen molar-refractivity contribution in [3.63, 3.8) is 0 Å². The van der Waals surface area contributed by atoms with Crippen LogP contribution in [0, 0.1) is 12.2 Å². The van der Waals surface area contributed by atoms with Gasteiger partial charge in [0.2, 0.25) is 0 Å². The number of hydrogen-bond donors (Lipinski definition) is 0. The molecule has 0 fully saturated rings. The van der Waals surface area contributed by atoms with Crippen LogP contribution >= 0.6 is 0 Å². The first-order valence-electron chi connectivity index (χ1n) is 16.5. The fourth-order valence-electron chi connectivity index (χ4n) is 6.95. The molecule has 0 aromatic heterocycles. The Morgan fingerprint density at radius 1 is 0.460 bits per heavy atom. The van der Waals surface area contributed by atoms with Crippen LogP contribution in [0.25, 0.3) is 32.7 Å². The van der Waals surface area contributed by atoms with Crippen molar-refractivity contribution < 1.29 is 44.8 Å². The Kier molecular flexibility index (Phi) is 11.3. The van der Waals surface area contributed by atoms with Gasteiger partial charge in [-0.2, -0.15) is 47.6 Å². The monoisotopic (exact) mass is 714 g/mol. The molecule has 0 saturated heterocycles. The van der Waals surface area contributed by atoms with E-state index in [1.165, 1.54) is 81.0 Å². The summed E-state index contributed by atoms with van der Waals surface area (Å²) in [6, 6.07) is 47.1. The second kappa shape index (κ2) is 16.0. The standard InChI is InChI=1S/2C17H11.C13H10.2ClH.Ti/c2*1-2-6-15-12(4-1)8-10-14-11-9-13-5-3-7-16(13)17(14)15;1-3-7-12(8-4-1)11-13-9-5-2-6-10-13;;;/h2*1-4,6-10H,11H2;1-10H;2*1H;/q2*-1;;;;+2/p-2. The van der Waals surface area contributed by atoms with Crippen molar-refractivity contribution in [3.05, 3.63) is 227 Å². The van der Waals surface area contributed by atoms with Crippen molar-refractivity contribution in [3.8, 4) is 0 Å². The molecule has 0 saturated carbocycles. The molecule has 0 nitrogen and oxygen atoms in total. The van der Waals surface area contributed by atoms with E-state index in [4.69, 9.17) is 0 Å². The topological polar surface area (TPSA) is 0 Å². The van der Waals surface area contributed by atoms with Crippen LogP contribution in [-0.4, -0.2) is 3.81 Å². The molecule has 10 rings (SSSR count). The maximum atomic E-state index is 3.31. The van der Waals surface area contributed by atoms with E-state index in [2.05, 4.69) is 178 Å². The van der Waals surface area contributed by atoms with Gasteiger partial charge in [0, 0.05) is 0 Å². The van der Waals surface area contributed by atoms with Gasteiger partial charge in [0.25, 0.3) is 0 Å². The summed E-state index contributed by atoms with van der Waals surface area (Å²) >= 11 is 2.16. The van der Waals surface area contributed by atoms with E-state index in [1.807, 2.05) is 24.3 Å². The number of benzene rings is 6. The first-order valence-corrected chi connectivity index (χ1v) is 17.3. The van der Waals surface area contributed by atoms with Crippen molar-refractivity contribution in [1.29, 1.82) is 0 Å². The predicted octanol–water partition coefficient (Wildman–Crippen LogP) is 4.97. The average Bonchev–Trinajstić information content (AvgIpc) is 3.86. The molecule has 0 amide bonds. The molecule has 0 N–H and O–H groups in total. The van der Waals surface area contributed by atoms with E-state index in [-0.39, 0.29) is 24.8 Å². The zero-order valence-corrected chi connectivity index (χ0v) is 30.4. The third-order valence-electron chi connectivity index (χ3n) is 9.30. The quantitative estimate of drug-likeness (QED) is 0.176. The minimum atomic E-state index is 0. The molecule has 240 valence electrons. The van der Waals surface area contributed by atoms with Crippen LogP contribution in [-0.2, 0) is 32.8 Å². The Morgan fingerprint density at radius 2 is 0.860 bits per heavy atom. The van der Waals surface area contributed by atoms with E-state index in [1.54, 1.807) is 0 Å². The molecule has 6 aromatic carbocycles. The van der Waals surface area contributed by atoms with Gasteiger partial charge in [-0.3, -0.25) is 0 Å². The molecule has 6 aromatic rings. The van der Waals surface area contributed by atoms with Crippen molar-refractivity contribution in [2.24, 2.45) is 0 Å². The Hall–Kier alpha value is -4.56. The van der Waals surface area contributed by atoms with Gasteiger partial charge in [0.15, 0.2) is 0 Å². The Morgan fingerprint density at radius 3 is 1.30 bits per heavy atom. The summed E-state index contributed by atoms with van der Waals surface area (Å²) < 4.78 is 1.33. The molecule has 0 unspecified atom stereocenters. The van der Waals surface area contributed by atoms with E-state index in [9.17, 15) is 0 Å². The SMILES string of the molecule is [C-]1=CC=C2C1=CCc1ccc3ccccc3c12.[C-]1=CC=C2C1=CCc1ccc3ccccc3c12.[Cl-].[Cl-].[Ti+2]=[C](c1ccccc1)c1ccccc1. The summed E-state index contributed by atoms with van der Waals surface area (Å²) in [6.45, 7) is 0. The molecular weight excluding hydrogens is 683 g/mol. The summed E-state index contributed by atoms with van der Waals surface area (Å²) in [5, 5.41) is 5.36. The van der Waals surface area contributed by atoms with E-state index in [0.29, 0.717) is 0 Å². The van der Waals surface area contributed by atoms with Crippen LogP contribution in [0.1, 0.15) is 33.4 Å². The van der Waals surface area contributed by atoms with Gasteiger partial charge in [-0.1, -0.05) is 95.1 Å². The summed E-state index contributed by atoms with van der Waals surface area (Å²) in [6.07, 6.45) is 21.6. The van der Waals surface area contributed by atoms with Gasteiger partial charge in [-0.25, -0.2) is 0 Å². The molecule has 0 heterocycles. The van der Waals surface area contributed by atoms with Crippen LogP contribution in [0.15, 0.2) is 181 Å². The molecule has 0 aliphatic heterocycles. The molecule has 0 bridgehead atoms. The average molecular weight is 716 g/mol. The van der Waals surface area contributed by atoms with Crippen molar-refractivity contribution in [2.75, 3.05) is 0 Å². The number of fused-ring (bicyclic) bond motifs is 10. The second-order valence-corrected chi connectivity index (χ2v) is 13.0. The van der Waals surface area contributed by atoms with Crippen molar-refractivity contribution in [2.45, 2.75) is 12.8 Å². The second-order valence-electron chi connectivity index (χ2n) is 12.2. The third kappa shape index (κ3) is 7.04. The first-order chi connectivity index (χ1) is 23.7. The molecule has 3 heteroatoms. The molecule has 0 radical (unpaired) electrons. The fourth-order valence-corrected chi connectivity index (χ4v) is 7.47. The van der Waals surface area contributed by atoms with Gasteiger partial charge in [-0.05, 0) is 34.4 Å². The fraction of sp³-hybridized carbons (Fsp3) is 0.0426. The van der Waals surface area contributed by atoms with Crippen LogP contribution in [0.3, 0.4) is 0 Å². The summed E-state index contributed by atoms with van der Waals surface area (Å²) in [7, 11) is 0. The summed E-state index contributed by atoms with van der Waals surface area (Å²) in [4.78, 5) is 0. The molecule has 0 atom stereocenters. The number of halogens is 2. The van der Waals surface area contributed by atoms with Gasteiger partial charge in [0.1, 0.15) is 0 Å². The molecule has 50 heavy (non-hydrogen) atoms. The summed E-state index contributed by atoms with van der Waals surface area (Å²) in [5.41, 5.74) is 13.4. The van der Waals surface area contributed by atoms with Crippen LogP contribution in [0.2, 0.25) is 0 Å². The van der Waals surface area contributed by atoms with Gasteiger partial charge in [-0.15, -0.1) is 23.3 Å². The number of allylic oxidation sites excluding steroid dienone is 12. The van der Waals surface area contributed by atoms with Gasteiger partial charge >= 0.3 is 95.6 Å². The number of hydrogen-bond acceptors (Lipinski definition) is 0. The minimum absolute atomic E-state index is 0. The van der Waals surface area contributed by atoms with Crippen LogP contribution in [0.5, 0.6) is 0 Å². The van der Waals surface area contributed by atoms with E-state index in [0.717, 1.165) is 12.8 Å². The van der Waals surface area contributed by atoms with Crippen LogP contribution in [0.4, 0.5) is 0 Å². The van der Waals surface area contributed by atoms with Gasteiger partial charge < -0.3 is 24.8 Å². The van der Waals surface area contributed by atoms with Crippen molar-refractivity contribution >= 4 is 36.5 Å². The van der Waals surface area contributed by atoms with Crippen molar-refractivity contribution in [1.82, 2.24) is 0 Å². The van der Waals surface area contributed by atoms with Gasteiger partial charge in [0.05, 0.1) is 0 Å². The maximum absolute atomic E-state index is 3.31. The zero-order valence-electron chi connectivity index (χ0n) is 27.3. The summed E-state index contributed by atoms with van der Waals surface area (Å²) in [5.74, 6) is 0. The van der Waals surface area contributed by atoms with E-state index < -0.39 is 0 Å².